The number of hydrogen-bond acceptors (Lipinski definition) is 5. The van der Waals surface area contributed by atoms with Crippen LogP contribution in [0.3, 0.4) is 0 Å². The van der Waals surface area contributed by atoms with E-state index in [4.69, 9.17) is 9.26 Å². The van der Waals surface area contributed by atoms with Crippen LogP contribution in [0, 0.1) is 0 Å². The average molecular weight is 349 g/mol. The van der Waals surface area contributed by atoms with Crippen LogP contribution in [0.5, 0.6) is 0 Å². The molecule has 0 spiro atoms. The van der Waals surface area contributed by atoms with Crippen molar-refractivity contribution in [3.63, 3.8) is 0 Å². The molecule has 0 unspecified atom stereocenters. The first-order valence-corrected chi connectivity index (χ1v) is 8.69. The average Bonchev–Trinajstić information content (AvgIpc) is 3.39. The molecule has 3 aromatic rings. The van der Waals surface area contributed by atoms with Gasteiger partial charge in [-0.2, -0.15) is 4.98 Å². The van der Waals surface area contributed by atoms with Crippen molar-refractivity contribution in [2.75, 3.05) is 13.2 Å². The minimum atomic E-state index is -0.134. The second kappa shape index (κ2) is 7.49. The Balaban J connectivity index is 1.49. The summed E-state index contributed by atoms with van der Waals surface area (Å²) in [6, 6.07) is 16.8. The lowest BCUT2D eigenvalue weighted by Gasteiger charge is -2.10. The van der Waals surface area contributed by atoms with Gasteiger partial charge in [0.2, 0.25) is 5.82 Å². The molecule has 0 bridgehead atoms. The minimum Gasteiger partial charge on any atom is -0.376 e. The fraction of sp³-hybridized carbons (Fsp3) is 0.250. The molecule has 0 aliphatic carbocycles. The second-order valence-electron chi connectivity index (χ2n) is 6.22. The summed E-state index contributed by atoms with van der Waals surface area (Å²) < 4.78 is 10.9. The molecule has 1 amide bonds. The van der Waals surface area contributed by atoms with Crippen molar-refractivity contribution < 1.29 is 14.1 Å². The molecule has 1 saturated heterocycles. The van der Waals surface area contributed by atoms with Crippen molar-refractivity contribution in [1.82, 2.24) is 15.5 Å². The summed E-state index contributed by atoms with van der Waals surface area (Å²) in [4.78, 5) is 16.8. The zero-order valence-corrected chi connectivity index (χ0v) is 14.2. The smallest absolute Gasteiger partial charge is 0.258 e. The molecule has 2 heterocycles. The first kappa shape index (κ1) is 16.5. The molecule has 132 valence electrons. The van der Waals surface area contributed by atoms with Crippen LogP contribution in [0.25, 0.3) is 22.8 Å². The molecule has 1 N–H and O–H groups in total. The topological polar surface area (TPSA) is 77.2 Å². The molecule has 26 heavy (non-hydrogen) atoms. The highest BCUT2D eigenvalue weighted by atomic mass is 16.5. The van der Waals surface area contributed by atoms with Crippen LogP contribution in [0.2, 0.25) is 0 Å². The summed E-state index contributed by atoms with van der Waals surface area (Å²) in [6.45, 7) is 1.30. The molecule has 0 radical (unpaired) electrons. The van der Waals surface area contributed by atoms with Crippen molar-refractivity contribution in [3.8, 4) is 22.8 Å². The summed E-state index contributed by atoms with van der Waals surface area (Å²) in [5.41, 5.74) is 2.15. The van der Waals surface area contributed by atoms with Gasteiger partial charge in [0, 0.05) is 29.8 Å². The number of carbonyl (C=O) groups excluding carboxylic acids is 1. The maximum atomic E-state index is 12.4. The fourth-order valence-corrected chi connectivity index (χ4v) is 2.95. The molecule has 1 aliphatic heterocycles. The molecular weight excluding hydrogens is 330 g/mol. The van der Waals surface area contributed by atoms with Crippen LogP contribution >= 0.6 is 0 Å². The van der Waals surface area contributed by atoms with Crippen molar-refractivity contribution in [2.24, 2.45) is 0 Å². The molecule has 1 aliphatic rings. The third-order valence-corrected chi connectivity index (χ3v) is 4.34. The maximum absolute atomic E-state index is 12.4. The lowest BCUT2D eigenvalue weighted by atomic mass is 10.1. The van der Waals surface area contributed by atoms with E-state index in [0.717, 1.165) is 25.0 Å². The Hall–Kier alpha value is -2.99. The molecule has 0 saturated carbocycles. The van der Waals surface area contributed by atoms with Crippen LogP contribution in [-0.4, -0.2) is 35.3 Å². The number of carbonyl (C=O) groups is 1. The van der Waals surface area contributed by atoms with Gasteiger partial charge in [0.15, 0.2) is 0 Å². The predicted octanol–water partition coefficient (Wildman–Crippen LogP) is 3.31. The number of hydrogen-bond donors (Lipinski definition) is 1. The lowest BCUT2D eigenvalue weighted by molar-refractivity contribution is 0.0858. The van der Waals surface area contributed by atoms with Gasteiger partial charge in [0.1, 0.15) is 0 Å². The van der Waals surface area contributed by atoms with E-state index in [1.807, 2.05) is 42.5 Å². The summed E-state index contributed by atoms with van der Waals surface area (Å²) >= 11 is 0. The van der Waals surface area contributed by atoms with Crippen molar-refractivity contribution in [1.29, 1.82) is 0 Å². The Morgan fingerprint density at radius 3 is 2.77 bits per heavy atom. The molecule has 6 nitrogen and oxygen atoms in total. The Labute approximate surface area is 151 Å². The van der Waals surface area contributed by atoms with Crippen LogP contribution < -0.4 is 5.32 Å². The van der Waals surface area contributed by atoms with Gasteiger partial charge in [-0.15, -0.1) is 0 Å². The molecule has 6 heteroatoms. The van der Waals surface area contributed by atoms with Crippen LogP contribution in [-0.2, 0) is 4.74 Å². The highest BCUT2D eigenvalue weighted by molar-refractivity contribution is 5.95. The summed E-state index contributed by atoms with van der Waals surface area (Å²) in [5.74, 6) is 0.775. The molecule has 1 fully saturated rings. The first-order chi connectivity index (χ1) is 12.8. The van der Waals surface area contributed by atoms with Crippen LogP contribution in [0.1, 0.15) is 23.2 Å². The molecular formula is C20H19N3O3. The Morgan fingerprint density at radius 1 is 1.12 bits per heavy atom. The number of rotatable bonds is 5. The molecule has 1 aromatic heterocycles. The number of nitrogens with zero attached hydrogens (tertiary/aromatic N) is 2. The third-order valence-electron chi connectivity index (χ3n) is 4.34. The van der Waals surface area contributed by atoms with E-state index in [1.54, 1.807) is 12.1 Å². The zero-order chi connectivity index (χ0) is 17.8. The van der Waals surface area contributed by atoms with E-state index >= 15 is 0 Å². The van der Waals surface area contributed by atoms with Crippen LogP contribution in [0.15, 0.2) is 59.1 Å². The predicted molar refractivity (Wildman–Crippen MR) is 96.5 cm³/mol. The third kappa shape index (κ3) is 3.65. The summed E-state index contributed by atoms with van der Waals surface area (Å²) in [6.07, 6.45) is 2.16. The van der Waals surface area contributed by atoms with Gasteiger partial charge >= 0.3 is 0 Å². The normalized spacial score (nSPS) is 16.5. The number of aromatic nitrogens is 2. The van der Waals surface area contributed by atoms with Gasteiger partial charge in [0.25, 0.3) is 11.8 Å². The van der Waals surface area contributed by atoms with E-state index in [2.05, 4.69) is 15.5 Å². The lowest BCUT2D eigenvalue weighted by Crippen LogP contribution is -2.31. The number of nitrogens with one attached hydrogen (secondary N) is 1. The number of ether oxygens (including phenoxy) is 1. The largest absolute Gasteiger partial charge is 0.376 e. The zero-order valence-electron chi connectivity index (χ0n) is 14.2. The fourth-order valence-electron chi connectivity index (χ4n) is 2.95. The van der Waals surface area contributed by atoms with Crippen molar-refractivity contribution >= 4 is 5.91 Å². The molecule has 2 aromatic carbocycles. The Morgan fingerprint density at radius 2 is 1.96 bits per heavy atom. The number of amides is 1. The van der Waals surface area contributed by atoms with Gasteiger partial charge in [-0.1, -0.05) is 41.6 Å². The first-order valence-electron chi connectivity index (χ1n) is 8.69. The minimum absolute atomic E-state index is 0.117. The highest BCUT2D eigenvalue weighted by Crippen LogP contribution is 2.23. The standard InChI is InChI=1S/C20H19N3O3/c24-19(21-13-17-10-5-11-25-17)15-8-4-9-16(12-15)20-22-18(23-26-20)14-6-2-1-3-7-14/h1-4,6-9,12,17H,5,10-11,13H2,(H,21,24)/t17-/m0/s1. The monoisotopic (exact) mass is 349 g/mol. The van der Waals surface area contributed by atoms with E-state index < -0.39 is 0 Å². The van der Waals surface area contributed by atoms with Crippen LogP contribution in [0.4, 0.5) is 0 Å². The highest BCUT2D eigenvalue weighted by Gasteiger charge is 2.17. The SMILES string of the molecule is O=C(NC[C@@H]1CCCO1)c1cccc(-c2nc(-c3ccccc3)no2)c1. The van der Waals surface area contributed by atoms with Gasteiger partial charge < -0.3 is 14.6 Å². The second-order valence-corrected chi connectivity index (χ2v) is 6.22. The Bertz CT molecular complexity index is 886. The Kier molecular flexibility index (Phi) is 4.75. The van der Waals surface area contributed by atoms with Crippen molar-refractivity contribution in [2.45, 2.75) is 18.9 Å². The molecule has 1 atom stereocenters. The summed E-state index contributed by atoms with van der Waals surface area (Å²) in [5, 5.41) is 6.94. The van der Waals surface area contributed by atoms with Gasteiger partial charge in [-0.05, 0) is 31.0 Å². The van der Waals surface area contributed by atoms with E-state index in [0.29, 0.717) is 29.4 Å². The molecule has 4 rings (SSSR count). The van der Waals surface area contributed by atoms with E-state index in [-0.39, 0.29) is 12.0 Å². The quantitative estimate of drug-likeness (QED) is 0.765. The van der Waals surface area contributed by atoms with E-state index in [9.17, 15) is 4.79 Å². The van der Waals surface area contributed by atoms with Crippen molar-refractivity contribution in [3.05, 3.63) is 60.2 Å². The van der Waals surface area contributed by atoms with Gasteiger partial charge in [-0.25, -0.2) is 0 Å². The van der Waals surface area contributed by atoms with Gasteiger partial charge in [0.05, 0.1) is 6.10 Å². The van der Waals surface area contributed by atoms with Gasteiger partial charge in [-0.3, -0.25) is 4.79 Å². The number of benzene rings is 2. The maximum Gasteiger partial charge on any atom is 0.258 e. The summed E-state index contributed by atoms with van der Waals surface area (Å²) in [7, 11) is 0. The van der Waals surface area contributed by atoms with E-state index in [1.165, 1.54) is 0 Å².